The molecule has 2 rings (SSSR count). The Labute approximate surface area is 116 Å². The number of fused-ring (bicyclic) bond motifs is 1. The highest BCUT2D eigenvalue weighted by Gasteiger charge is 2.10. The molecular weight excluding hydrogens is 256 g/mol. The van der Waals surface area contributed by atoms with Crippen LogP contribution in [-0.4, -0.2) is 12.1 Å². The molecule has 0 bridgehead atoms. The quantitative estimate of drug-likeness (QED) is 0.863. The number of hydrogen-bond acceptors (Lipinski definition) is 4. The van der Waals surface area contributed by atoms with Crippen LogP contribution in [0.5, 0.6) is 5.75 Å². The maximum atomic E-state index is 6.00. The SMILES string of the molecule is C=C/C=C(\C(N)=C/C)c1nc2ccc(OC)cc2s1. The number of allylic oxidation sites excluding steroid dienone is 4. The van der Waals surface area contributed by atoms with Crippen LogP contribution in [0.15, 0.2) is 48.7 Å². The molecular formula is C15H16N2OS. The van der Waals surface area contributed by atoms with E-state index in [1.165, 1.54) is 0 Å². The number of methoxy groups -OCH3 is 1. The van der Waals surface area contributed by atoms with E-state index in [1.54, 1.807) is 24.5 Å². The number of nitrogens with zero attached hydrogens (tertiary/aromatic N) is 1. The predicted molar refractivity (Wildman–Crippen MR) is 82.3 cm³/mol. The van der Waals surface area contributed by atoms with E-state index in [1.807, 2.05) is 37.3 Å². The molecule has 2 aromatic rings. The van der Waals surface area contributed by atoms with Crippen LogP contribution < -0.4 is 10.5 Å². The Bertz CT molecular complexity index is 668. The van der Waals surface area contributed by atoms with Gasteiger partial charge in [0.05, 0.1) is 17.3 Å². The highest BCUT2D eigenvalue weighted by Crippen LogP contribution is 2.31. The average molecular weight is 272 g/mol. The highest BCUT2D eigenvalue weighted by atomic mass is 32.1. The van der Waals surface area contributed by atoms with E-state index >= 15 is 0 Å². The van der Waals surface area contributed by atoms with Gasteiger partial charge < -0.3 is 10.5 Å². The number of rotatable bonds is 4. The number of benzene rings is 1. The Morgan fingerprint density at radius 1 is 1.47 bits per heavy atom. The molecule has 0 atom stereocenters. The molecule has 1 aromatic carbocycles. The first kappa shape index (κ1) is 13.4. The Morgan fingerprint density at radius 2 is 2.26 bits per heavy atom. The van der Waals surface area contributed by atoms with Gasteiger partial charge in [-0.05, 0) is 25.1 Å². The maximum Gasteiger partial charge on any atom is 0.126 e. The van der Waals surface area contributed by atoms with Gasteiger partial charge in [0, 0.05) is 11.3 Å². The normalized spacial score (nSPS) is 12.7. The van der Waals surface area contributed by atoms with Crippen molar-refractivity contribution in [2.75, 3.05) is 7.11 Å². The molecule has 19 heavy (non-hydrogen) atoms. The Morgan fingerprint density at radius 3 is 2.89 bits per heavy atom. The van der Waals surface area contributed by atoms with Crippen molar-refractivity contribution in [1.82, 2.24) is 4.98 Å². The minimum Gasteiger partial charge on any atom is -0.497 e. The molecule has 98 valence electrons. The van der Waals surface area contributed by atoms with Crippen LogP contribution in [0.3, 0.4) is 0 Å². The highest BCUT2D eigenvalue weighted by molar-refractivity contribution is 7.19. The van der Waals surface area contributed by atoms with Gasteiger partial charge in [0.1, 0.15) is 10.8 Å². The molecule has 0 aliphatic rings. The Kier molecular flexibility index (Phi) is 4.02. The van der Waals surface area contributed by atoms with Crippen molar-refractivity contribution in [3.8, 4) is 5.75 Å². The second-order valence-corrected chi connectivity index (χ2v) is 4.94. The molecule has 0 aliphatic carbocycles. The molecule has 0 spiro atoms. The van der Waals surface area contributed by atoms with Crippen LogP contribution in [0.25, 0.3) is 15.8 Å². The number of hydrogen-bond donors (Lipinski definition) is 1. The molecule has 0 saturated carbocycles. The van der Waals surface area contributed by atoms with Crippen LogP contribution in [0.2, 0.25) is 0 Å². The van der Waals surface area contributed by atoms with Crippen molar-refractivity contribution in [3.63, 3.8) is 0 Å². The summed E-state index contributed by atoms with van der Waals surface area (Å²) >= 11 is 1.59. The summed E-state index contributed by atoms with van der Waals surface area (Å²) in [4.78, 5) is 4.60. The van der Waals surface area contributed by atoms with E-state index < -0.39 is 0 Å². The Hall–Kier alpha value is -2.07. The first-order chi connectivity index (χ1) is 9.19. The minimum atomic E-state index is 0.700. The first-order valence-corrected chi connectivity index (χ1v) is 6.71. The molecule has 2 N–H and O–H groups in total. The summed E-state index contributed by atoms with van der Waals surface area (Å²) < 4.78 is 6.30. The molecule has 0 saturated heterocycles. The molecule has 1 aromatic heterocycles. The van der Waals surface area contributed by atoms with E-state index in [0.717, 1.165) is 26.5 Å². The van der Waals surface area contributed by atoms with Crippen LogP contribution in [-0.2, 0) is 0 Å². The van der Waals surface area contributed by atoms with Gasteiger partial charge in [-0.3, -0.25) is 0 Å². The summed E-state index contributed by atoms with van der Waals surface area (Å²) in [6.45, 7) is 5.63. The second kappa shape index (κ2) is 5.71. The van der Waals surface area contributed by atoms with Crippen molar-refractivity contribution >= 4 is 27.1 Å². The summed E-state index contributed by atoms with van der Waals surface area (Å²) in [7, 11) is 1.66. The molecule has 0 amide bonds. The van der Waals surface area contributed by atoms with Crippen LogP contribution in [0.4, 0.5) is 0 Å². The van der Waals surface area contributed by atoms with Crippen molar-refractivity contribution < 1.29 is 4.74 Å². The molecule has 3 nitrogen and oxygen atoms in total. The third-order valence-electron chi connectivity index (χ3n) is 2.73. The number of ether oxygens (including phenoxy) is 1. The van der Waals surface area contributed by atoms with Crippen molar-refractivity contribution in [1.29, 1.82) is 0 Å². The zero-order chi connectivity index (χ0) is 13.8. The maximum absolute atomic E-state index is 6.00. The van der Waals surface area contributed by atoms with E-state index in [2.05, 4.69) is 11.6 Å². The summed E-state index contributed by atoms with van der Waals surface area (Å²) in [6.07, 6.45) is 5.46. The third kappa shape index (κ3) is 2.69. The van der Waals surface area contributed by atoms with Gasteiger partial charge in [-0.25, -0.2) is 4.98 Å². The Balaban J connectivity index is 2.55. The number of aromatic nitrogens is 1. The van der Waals surface area contributed by atoms with Crippen molar-refractivity contribution in [2.45, 2.75) is 6.92 Å². The lowest BCUT2D eigenvalue weighted by atomic mass is 10.2. The lowest BCUT2D eigenvalue weighted by molar-refractivity contribution is 0.415. The lowest BCUT2D eigenvalue weighted by Crippen LogP contribution is -1.99. The molecule has 0 radical (unpaired) electrons. The van der Waals surface area contributed by atoms with Gasteiger partial charge in [-0.2, -0.15) is 0 Å². The fourth-order valence-corrected chi connectivity index (χ4v) is 2.75. The summed E-state index contributed by atoms with van der Waals surface area (Å²) in [6, 6.07) is 5.83. The molecule has 1 heterocycles. The second-order valence-electron chi connectivity index (χ2n) is 3.91. The monoisotopic (exact) mass is 272 g/mol. The first-order valence-electron chi connectivity index (χ1n) is 5.89. The average Bonchev–Trinajstić information content (AvgIpc) is 2.86. The van der Waals surface area contributed by atoms with Crippen molar-refractivity contribution in [2.24, 2.45) is 5.73 Å². The van der Waals surface area contributed by atoms with Gasteiger partial charge in [-0.15, -0.1) is 11.3 Å². The topological polar surface area (TPSA) is 48.1 Å². The summed E-state index contributed by atoms with van der Waals surface area (Å²) in [5, 5.41) is 0.888. The minimum absolute atomic E-state index is 0.700. The number of nitrogens with two attached hydrogens (primary N) is 1. The largest absolute Gasteiger partial charge is 0.497 e. The fraction of sp³-hybridized carbons (Fsp3) is 0.133. The smallest absolute Gasteiger partial charge is 0.126 e. The van der Waals surface area contributed by atoms with Crippen LogP contribution in [0.1, 0.15) is 11.9 Å². The van der Waals surface area contributed by atoms with Gasteiger partial charge in [0.25, 0.3) is 0 Å². The number of thiazole rings is 1. The van der Waals surface area contributed by atoms with E-state index in [-0.39, 0.29) is 0 Å². The zero-order valence-corrected chi connectivity index (χ0v) is 11.8. The van der Waals surface area contributed by atoms with Gasteiger partial charge in [0.2, 0.25) is 0 Å². The lowest BCUT2D eigenvalue weighted by Gasteiger charge is -2.02. The van der Waals surface area contributed by atoms with E-state index in [0.29, 0.717) is 5.70 Å². The van der Waals surface area contributed by atoms with Gasteiger partial charge in [-0.1, -0.05) is 24.8 Å². The fourth-order valence-electron chi connectivity index (χ4n) is 1.71. The van der Waals surface area contributed by atoms with E-state index in [4.69, 9.17) is 10.5 Å². The van der Waals surface area contributed by atoms with E-state index in [9.17, 15) is 0 Å². The van der Waals surface area contributed by atoms with Crippen LogP contribution >= 0.6 is 11.3 Å². The van der Waals surface area contributed by atoms with Gasteiger partial charge in [0.15, 0.2) is 0 Å². The van der Waals surface area contributed by atoms with Crippen molar-refractivity contribution in [3.05, 3.63) is 53.7 Å². The molecule has 0 fully saturated rings. The third-order valence-corrected chi connectivity index (χ3v) is 3.78. The van der Waals surface area contributed by atoms with Gasteiger partial charge >= 0.3 is 0 Å². The predicted octanol–water partition coefficient (Wildman–Crippen LogP) is 3.74. The summed E-state index contributed by atoms with van der Waals surface area (Å²) in [5.41, 5.74) is 8.54. The summed E-state index contributed by atoms with van der Waals surface area (Å²) in [5.74, 6) is 0.830. The molecule has 0 aliphatic heterocycles. The molecule has 4 heteroatoms. The standard InChI is InChI=1S/C15H16N2OS/c1-4-6-11(12(16)5-2)15-17-13-8-7-10(18-3)9-14(13)19-15/h4-9H,1,16H2,2-3H3/b11-6+,12-5+. The van der Waals surface area contributed by atoms with Crippen LogP contribution in [0, 0.1) is 0 Å². The molecule has 0 unspecified atom stereocenters. The zero-order valence-electron chi connectivity index (χ0n) is 11.0.